The zero-order chi connectivity index (χ0) is 18.4. The van der Waals surface area contributed by atoms with Crippen LogP contribution in [-0.2, 0) is 29.7 Å². The maximum atomic E-state index is 12.9. The number of nitrogens with two attached hydrogens (primary N) is 1. The molecule has 0 saturated carbocycles. The first-order valence-corrected chi connectivity index (χ1v) is 8.49. The van der Waals surface area contributed by atoms with Crippen LogP contribution in [0.25, 0.3) is 11.3 Å². The molecule has 0 radical (unpaired) electrons. The molecule has 1 fully saturated rings. The number of carbonyl (C=O) groups excluding carboxylic acids is 3. The molecule has 1 atom stereocenters. The first-order valence-electron chi connectivity index (χ1n) is 8.49. The van der Waals surface area contributed by atoms with Crippen LogP contribution in [0.15, 0.2) is 24.3 Å². The smallest absolute Gasteiger partial charge is 0.255 e. The average Bonchev–Trinajstić information content (AvgIpc) is 3.15. The van der Waals surface area contributed by atoms with Gasteiger partial charge in [-0.25, -0.2) is 0 Å². The number of nitrogens with one attached hydrogen (secondary N) is 1. The van der Waals surface area contributed by atoms with E-state index in [9.17, 15) is 14.4 Å². The molecule has 8 nitrogen and oxygen atoms in total. The van der Waals surface area contributed by atoms with Crippen molar-refractivity contribution in [1.82, 2.24) is 20.0 Å². The van der Waals surface area contributed by atoms with E-state index in [0.717, 1.165) is 22.5 Å². The number of nitrogens with zero attached hydrogens (tertiary/aromatic N) is 3. The van der Waals surface area contributed by atoms with Crippen molar-refractivity contribution < 1.29 is 14.4 Å². The van der Waals surface area contributed by atoms with Gasteiger partial charge in [0.2, 0.25) is 11.8 Å². The Morgan fingerprint density at radius 3 is 2.73 bits per heavy atom. The van der Waals surface area contributed by atoms with Gasteiger partial charge in [0.1, 0.15) is 6.04 Å². The summed E-state index contributed by atoms with van der Waals surface area (Å²) >= 11 is 0. The summed E-state index contributed by atoms with van der Waals surface area (Å²) < 4.78 is 1.73. The van der Waals surface area contributed by atoms with Crippen LogP contribution in [0.5, 0.6) is 0 Å². The Bertz CT molecular complexity index is 933. The van der Waals surface area contributed by atoms with E-state index in [1.807, 2.05) is 25.2 Å². The van der Waals surface area contributed by atoms with Crippen LogP contribution in [0.1, 0.15) is 34.5 Å². The number of aryl methyl sites for hydroxylation is 1. The lowest BCUT2D eigenvalue weighted by Crippen LogP contribution is -2.52. The second-order valence-electron chi connectivity index (χ2n) is 6.58. The molecule has 3 heterocycles. The van der Waals surface area contributed by atoms with E-state index in [4.69, 9.17) is 5.73 Å². The number of imide groups is 1. The SMILES string of the molecule is Cn1nc(-c2cccc3c2CN(C2CCC(=O)NC2=O)C3=O)cc1CN. The molecule has 3 N–H and O–H groups in total. The molecular formula is C18H19N5O3. The summed E-state index contributed by atoms with van der Waals surface area (Å²) in [5.41, 5.74) is 9.66. The minimum Gasteiger partial charge on any atom is -0.325 e. The van der Waals surface area contributed by atoms with Crippen LogP contribution in [-0.4, -0.2) is 38.4 Å². The number of benzene rings is 1. The Labute approximate surface area is 150 Å². The van der Waals surface area contributed by atoms with Crippen LogP contribution >= 0.6 is 0 Å². The van der Waals surface area contributed by atoms with Crippen LogP contribution in [0.3, 0.4) is 0 Å². The molecule has 0 bridgehead atoms. The Hall–Kier alpha value is -3.00. The number of fused-ring (bicyclic) bond motifs is 1. The van der Waals surface area contributed by atoms with Crippen molar-refractivity contribution in [2.75, 3.05) is 0 Å². The Kier molecular flexibility index (Phi) is 3.84. The molecule has 0 aliphatic carbocycles. The lowest BCUT2D eigenvalue weighted by atomic mass is 10.0. The van der Waals surface area contributed by atoms with Gasteiger partial charge in [0.05, 0.1) is 11.4 Å². The molecule has 26 heavy (non-hydrogen) atoms. The van der Waals surface area contributed by atoms with Crippen molar-refractivity contribution in [2.24, 2.45) is 12.8 Å². The highest BCUT2D eigenvalue weighted by molar-refractivity contribution is 6.06. The van der Waals surface area contributed by atoms with Gasteiger partial charge < -0.3 is 10.6 Å². The third-order valence-corrected chi connectivity index (χ3v) is 5.04. The van der Waals surface area contributed by atoms with Crippen molar-refractivity contribution in [3.8, 4) is 11.3 Å². The molecule has 1 saturated heterocycles. The van der Waals surface area contributed by atoms with Gasteiger partial charge in [0.15, 0.2) is 0 Å². The van der Waals surface area contributed by atoms with Gasteiger partial charge in [0.25, 0.3) is 5.91 Å². The number of hydrogen-bond donors (Lipinski definition) is 2. The predicted octanol–water partition coefficient (Wildman–Crippen LogP) is 0.307. The highest BCUT2D eigenvalue weighted by Gasteiger charge is 2.40. The van der Waals surface area contributed by atoms with Crippen molar-refractivity contribution in [3.63, 3.8) is 0 Å². The number of rotatable bonds is 3. The van der Waals surface area contributed by atoms with E-state index >= 15 is 0 Å². The predicted molar refractivity (Wildman–Crippen MR) is 92.6 cm³/mol. The number of aromatic nitrogens is 2. The first-order chi connectivity index (χ1) is 12.5. The third kappa shape index (κ3) is 2.50. The molecule has 1 aromatic heterocycles. The minimum absolute atomic E-state index is 0.189. The van der Waals surface area contributed by atoms with Crippen LogP contribution in [0.4, 0.5) is 0 Å². The Morgan fingerprint density at radius 1 is 1.27 bits per heavy atom. The van der Waals surface area contributed by atoms with Gasteiger partial charge in [-0.15, -0.1) is 0 Å². The molecule has 2 aliphatic rings. The Balaban J connectivity index is 1.70. The van der Waals surface area contributed by atoms with Crippen LogP contribution in [0, 0.1) is 0 Å². The molecule has 8 heteroatoms. The number of piperidine rings is 1. The average molecular weight is 353 g/mol. The quantitative estimate of drug-likeness (QED) is 0.772. The lowest BCUT2D eigenvalue weighted by molar-refractivity contribution is -0.136. The van der Waals surface area contributed by atoms with E-state index in [2.05, 4.69) is 10.4 Å². The molecule has 134 valence electrons. The number of hydrogen-bond acceptors (Lipinski definition) is 5. The van der Waals surface area contributed by atoms with Gasteiger partial charge in [0, 0.05) is 37.7 Å². The summed E-state index contributed by atoms with van der Waals surface area (Å²) in [7, 11) is 1.83. The zero-order valence-corrected chi connectivity index (χ0v) is 14.4. The molecule has 2 aromatic rings. The van der Waals surface area contributed by atoms with Gasteiger partial charge in [-0.3, -0.25) is 24.4 Å². The third-order valence-electron chi connectivity index (χ3n) is 5.04. The maximum absolute atomic E-state index is 12.9. The van der Waals surface area contributed by atoms with Crippen LogP contribution < -0.4 is 11.1 Å². The van der Waals surface area contributed by atoms with Gasteiger partial charge in [-0.1, -0.05) is 12.1 Å². The van der Waals surface area contributed by atoms with E-state index in [1.165, 1.54) is 0 Å². The second-order valence-corrected chi connectivity index (χ2v) is 6.58. The van der Waals surface area contributed by atoms with Gasteiger partial charge >= 0.3 is 0 Å². The zero-order valence-electron chi connectivity index (χ0n) is 14.4. The van der Waals surface area contributed by atoms with E-state index in [-0.39, 0.29) is 18.2 Å². The normalized spacial score (nSPS) is 19.7. The highest BCUT2D eigenvalue weighted by atomic mass is 16.2. The highest BCUT2D eigenvalue weighted by Crippen LogP contribution is 2.34. The van der Waals surface area contributed by atoms with E-state index < -0.39 is 11.9 Å². The standard InChI is InChI=1S/C18H19N5O3/c1-22-10(8-19)7-14(21-22)11-3-2-4-12-13(11)9-23(18(12)26)15-5-6-16(24)20-17(15)25/h2-4,7,15H,5-6,8-9,19H2,1H3,(H,20,24,25). The summed E-state index contributed by atoms with van der Waals surface area (Å²) in [6, 6.07) is 6.79. The minimum atomic E-state index is -0.621. The summed E-state index contributed by atoms with van der Waals surface area (Å²) in [5.74, 6) is -0.891. The molecule has 2 aliphatic heterocycles. The second kappa shape index (κ2) is 6.06. The molecule has 0 spiro atoms. The van der Waals surface area contributed by atoms with Crippen molar-refractivity contribution in [2.45, 2.75) is 32.0 Å². The summed E-state index contributed by atoms with van der Waals surface area (Å²) in [6.45, 7) is 0.699. The maximum Gasteiger partial charge on any atom is 0.255 e. The molecule has 1 aromatic carbocycles. The molecule has 3 amide bonds. The van der Waals surface area contributed by atoms with Gasteiger partial charge in [-0.2, -0.15) is 5.10 Å². The fourth-order valence-corrected chi connectivity index (χ4v) is 3.65. The lowest BCUT2D eigenvalue weighted by Gasteiger charge is -2.29. The number of carbonyl (C=O) groups is 3. The first kappa shape index (κ1) is 16.5. The summed E-state index contributed by atoms with van der Waals surface area (Å²) in [4.78, 5) is 37.9. The van der Waals surface area contributed by atoms with Crippen LogP contribution in [0.2, 0.25) is 0 Å². The monoisotopic (exact) mass is 353 g/mol. The van der Waals surface area contributed by atoms with E-state index in [0.29, 0.717) is 25.1 Å². The largest absolute Gasteiger partial charge is 0.325 e. The Morgan fingerprint density at radius 2 is 2.04 bits per heavy atom. The fourth-order valence-electron chi connectivity index (χ4n) is 3.65. The fraction of sp³-hybridized carbons (Fsp3) is 0.333. The number of amides is 3. The summed E-state index contributed by atoms with van der Waals surface area (Å²) in [5, 5.41) is 6.82. The molecule has 1 unspecified atom stereocenters. The van der Waals surface area contributed by atoms with Gasteiger partial charge in [-0.05, 0) is 24.1 Å². The van der Waals surface area contributed by atoms with E-state index in [1.54, 1.807) is 15.6 Å². The molecule has 4 rings (SSSR count). The summed E-state index contributed by atoms with van der Waals surface area (Å²) in [6.07, 6.45) is 0.587. The van der Waals surface area contributed by atoms with Crippen molar-refractivity contribution in [3.05, 3.63) is 41.1 Å². The van der Waals surface area contributed by atoms with Crippen molar-refractivity contribution in [1.29, 1.82) is 0 Å². The molecular weight excluding hydrogens is 334 g/mol. The topological polar surface area (TPSA) is 110 Å². The van der Waals surface area contributed by atoms with Crippen molar-refractivity contribution >= 4 is 17.7 Å².